The SMILES string of the molecule is COC(=O)C1=NNC2(C)C(=O)N(c3ccc(F)cc3)C(=O)C12. The van der Waals surface area contributed by atoms with Gasteiger partial charge in [0, 0.05) is 0 Å². The number of hydrazone groups is 1. The van der Waals surface area contributed by atoms with Crippen LogP contribution in [0, 0.1) is 11.7 Å². The van der Waals surface area contributed by atoms with E-state index in [1.165, 1.54) is 26.2 Å². The number of halogens is 1. The zero-order valence-electron chi connectivity index (χ0n) is 11.8. The molecule has 1 aromatic carbocycles. The summed E-state index contributed by atoms with van der Waals surface area (Å²) < 4.78 is 17.6. The van der Waals surface area contributed by atoms with Crippen molar-refractivity contribution >= 4 is 29.2 Å². The average molecular weight is 305 g/mol. The first kappa shape index (κ1) is 14.2. The molecule has 7 nitrogen and oxygen atoms in total. The third kappa shape index (κ3) is 1.73. The first-order valence-electron chi connectivity index (χ1n) is 6.47. The van der Waals surface area contributed by atoms with Gasteiger partial charge in [-0.3, -0.25) is 15.0 Å². The summed E-state index contributed by atoms with van der Waals surface area (Å²) >= 11 is 0. The van der Waals surface area contributed by atoms with E-state index in [9.17, 15) is 18.8 Å². The smallest absolute Gasteiger partial charge is 0.355 e. The molecule has 1 saturated heterocycles. The van der Waals surface area contributed by atoms with Gasteiger partial charge in [-0.25, -0.2) is 14.1 Å². The Morgan fingerprint density at radius 2 is 2.00 bits per heavy atom. The van der Waals surface area contributed by atoms with Gasteiger partial charge in [0.05, 0.1) is 12.8 Å². The average Bonchev–Trinajstić information content (AvgIpc) is 2.95. The lowest BCUT2D eigenvalue weighted by Crippen LogP contribution is -2.48. The Hall–Kier alpha value is -2.77. The minimum atomic E-state index is -1.35. The van der Waals surface area contributed by atoms with Crippen LogP contribution in [0.2, 0.25) is 0 Å². The van der Waals surface area contributed by atoms with Gasteiger partial charge in [-0.05, 0) is 31.2 Å². The van der Waals surface area contributed by atoms with Crippen molar-refractivity contribution in [2.45, 2.75) is 12.5 Å². The van der Waals surface area contributed by atoms with E-state index in [1.54, 1.807) is 0 Å². The summed E-state index contributed by atoms with van der Waals surface area (Å²) in [4.78, 5) is 37.8. The fourth-order valence-corrected chi connectivity index (χ4v) is 2.68. The van der Waals surface area contributed by atoms with E-state index >= 15 is 0 Å². The minimum absolute atomic E-state index is 0.145. The van der Waals surface area contributed by atoms with Crippen molar-refractivity contribution in [3.8, 4) is 0 Å². The van der Waals surface area contributed by atoms with Gasteiger partial charge in [-0.2, -0.15) is 5.10 Å². The van der Waals surface area contributed by atoms with Gasteiger partial charge in [0.2, 0.25) is 5.91 Å². The molecule has 0 radical (unpaired) electrons. The molecule has 3 rings (SSSR count). The topological polar surface area (TPSA) is 88.1 Å². The van der Waals surface area contributed by atoms with Crippen molar-refractivity contribution in [1.29, 1.82) is 0 Å². The molecule has 0 aromatic heterocycles. The fraction of sp³-hybridized carbons (Fsp3) is 0.286. The Labute approximate surface area is 124 Å². The summed E-state index contributed by atoms with van der Waals surface area (Å²) in [6.45, 7) is 1.49. The number of ether oxygens (including phenoxy) is 1. The van der Waals surface area contributed by atoms with Gasteiger partial charge >= 0.3 is 5.97 Å². The Balaban J connectivity index is 2.03. The number of carbonyl (C=O) groups excluding carboxylic acids is 3. The number of anilines is 1. The Kier molecular flexibility index (Phi) is 2.98. The van der Waals surface area contributed by atoms with E-state index in [-0.39, 0.29) is 11.4 Å². The van der Waals surface area contributed by atoms with E-state index < -0.39 is 35.1 Å². The number of rotatable bonds is 2. The van der Waals surface area contributed by atoms with Crippen molar-refractivity contribution in [1.82, 2.24) is 5.43 Å². The third-order valence-electron chi connectivity index (χ3n) is 3.85. The molecule has 0 spiro atoms. The first-order valence-corrected chi connectivity index (χ1v) is 6.47. The highest BCUT2D eigenvalue weighted by Crippen LogP contribution is 2.37. The predicted molar refractivity (Wildman–Crippen MR) is 73.4 cm³/mol. The van der Waals surface area contributed by atoms with Crippen molar-refractivity contribution in [3.63, 3.8) is 0 Å². The third-order valence-corrected chi connectivity index (χ3v) is 3.85. The summed E-state index contributed by atoms with van der Waals surface area (Å²) in [7, 11) is 1.17. The molecular formula is C14H12FN3O4. The molecule has 114 valence electrons. The van der Waals surface area contributed by atoms with Crippen LogP contribution in [0.3, 0.4) is 0 Å². The van der Waals surface area contributed by atoms with Crippen molar-refractivity contribution in [3.05, 3.63) is 30.1 Å². The maximum atomic E-state index is 13.0. The summed E-state index contributed by atoms with van der Waals surface area (Å²) in [5, 5.41) is 3.77. The number of methoxy groups -OCH3 is 1. The van der Waals surface area contributed by atoms with E-state index in [0.717, 1.165) is 17.0 Å². The number of amides is 2. The molecule has 0 bridgehead atoms. The molecule has 0 aliphatic carbocycles. The second kappa shape index (κ2) is 4.62. The lowest BCUT2D eigenvalue weighted by atomic mass is 9.86. The summed E-state index contributed by atoms with van der Waals surface area (Å²) in [5.41, 5.74) is 1.29. The highest BCUT2D eigenvalue weighted by atomic mass is 19.1. The Morgan fingerprint density at radius 1 is 1.36 bits per heavy atom. The molecular weight excluding hydrogens is 293 g/mol. The van der Waals surface area contributed by atoms with Crippen LogP contribution in [0.4, 0.5) is 10.1 Å². The van der Waals surface area contributed by atoms with E-state index in [0.29, 0.717) is 0 Å². The molecule has 2 amide bonds. The van der Waals surface area contributed by atoms with Crippen LogP contribution in [0.1, 0.15) is 6.92 Å². The van der Waals surface area contributed by atoms with Crippen LogP contribution in [-0.2, 0) is 19.1 Å². The van der Waals surface area contributed by atoms with Crippen LogP contribution >= 0.6 is 0 Å². The number of benzene rings is 1. The lowest BCUT2D eigenvalue weighted by Gasteiger charge is -2.20. The van der Waals surface area contributed by atoms with Gasteiger partial charge in [-0.15, -0.1) is 0 Å². The molecule has 2 atom stereocenters. The second-order valence-electron chi connectivity index (χ2n) is 5.19. The molecule has 1 aromatic rings. The zero-order chi connectivity index (χ0) is 16.1. The molecule has 8 heteroatoms. The number of nitrogens with zero attached hydrogens (tertiary/aromatic N) is 2. The summed E-state index contributed by atoms with van der Waals surface area (Å²) in [6, 6.07) is 4.94. The quantitative estimate of drug-likeness (QED) is 0.623. The largest absolute Gasteiger partial charge is 0.464 e. The highest BCUT2D eigenvalue weighted by molar-refractivity contribution is 6.47. The number of hydrogen-bond acceptors (Lipinski definition) is 6. The lowest BCUT2D eigenvalue weighted by molar-refractivity contribution is -0.133. The van der Waals surface area contributed by atoms with E-state index in [1.807, 2.05) is 0 Å². The standard InChI is InChI=1S/C14H12FN3O4/c1-14-9(10(16-17-14)12(20)22-2)11(19)18(13(14)21)8-5-3-7(15)4-6-8/h3-6,9,17H,1-2H3. The monoisotopic (exact) mass is 305 g/mol. The molecule has 2 aliphatic rings. The molecule has 2 aliphatic heterocycles. The van der Waals surface area contributed by atoms with Gasteiger partial charge in [0.1, 0.15) is 17.3 Å². The molecule has 22 heavy (non-hydrogen) atoms. The predicted octanol–water partition coefficient (Wildman–Crippen LogP) is 0.206. The molecule has 1 N–H and O–H groups in total. The molecule has 0 saturated carbocycles. The number of fused-ring (bicyclic) bond motifs is 1. The van der Waals surface area contributed by atoms with Crippen molar-refractivity contribution < 1.29 is 23.5 Å². The first-order chi connectivity index (χ1) is 10.4. The Bertz CT molecular complexity index is 715. The molecule has 1 fully saturated rings. The zero-order valence-corrected chi connectivity index (χ0v) is 11.8. The Morgan fingerprint density at radius 3 is 2.59 bits per heavy atom. The highest BCUT2D eigenvalue weighted by Gasteiger charge is 2.63. The van der Waals surface area contributed by atoms with Crippen LogP contribution in [0.15, 0.2) is 29.4 Å². The van der Waals surface area contributed by atoms with Crippen LogP contribution < -0.4 is 10.3 Å². The van der Waals surface area contributed by atoms with Gasteiger partial charge < -0.3 is 4.74 Å². The van der Waals surface area contributed by atoms with Gasteiger partial charge in [0.25, 0.3) is 5.91 Å². The fourth-order valence-electron chi connectivity index (χ4n) is 2.68. The number of hydrogen-bond donors (Lipinski definition) is 1. The number of carbonyl (C=O) groups is 3. The molecule has 2 heterocycles. The van der Waals surface area contributed by atoms with Crippen molar-refractivity contribution in [2.75, 3.05) is 12.0 Å². The number of imide groups is 1. The molecule has 2 unspecified atom stereocenters. The van der Waals surface area contributed by atoms with Crippen LogP contribution in [0.5, 0.6) is 0 Å². The summed E-state index contributed by atoms with van der Waals surface area (Å²) in [5.74, 6) is -3.49. The van der Waals surface area contributed by atoms with E-state index in [4.69, 9.17) is 0 Å². The normalized spacial score (nSPS) is 26.6. The minimum Gasteiger partial charge on any atom is -0.464 e. The van der Waals surface area contributed by atoms with Gasteiger partial charge in [-0.1, -0.05) is 0 Å². The maximum absolute atomic E-state index is 13.0. The van der Waals surface area contributed by atoms with Crippen molar-refractivity contribution in [2.24, 2.45) is 11.0 Å². The van der Waals surface area contributed by atoms with E-state index in [2.05, 4.69) is 15.3 Å². The van der Waals surface area contributed by atoms with Crippen LogP contribution in [-0.4, -0.2) is 36.1 Å². The number of esters is 1. The van der Waals surface area contributed by atoms with Crippen LogP contribution in [0.25, 0.3) is 0 Å². The summed E-state index contributed by atoms with van der Waals surface area (Å²) in [6.07, 6.45) is 0. The maximum Gasteiger partial charge on any atom is 0.355 e. The van der Waals surface area contributed by atoms with Gasteiger partial charge in [0.15, 0.2) is 5.71 Å². The second-order valence-corrected chi connectivity index (χ2v) is 5.19. The number of nitrogens with one attached hydrogen (secondary N) is 1.